The third-order valence-electron chi connectivity index (χ3n) is 1.65. The van der Waals surface area contributed by atoms with Gasteiger partial charge in [-0.1, -0.05) is 38.2 Å². The van der Waals surface area contributed by atoms with E-state index in [0.29, 0.717) is 6.42 Å². The van der Waals surface area contributed by atoms with Gasteiger partial charge in [0.25, 0.3) is 0 Å². The Labute approximate surface area is 80.3 Å². The summed E-state index contributed by atoms with van der Waals surface area (Å²) in [6, 6.07) is 0. The minimum absolute atomic E-state index is 0.161. The number of hydrogen-bond acceptors (Lipinski definition) is 2. The maximum Gasteiger partial charge on any atom is 0.306 e. The van der Waals surface area contributed by atoms with Gasteiger partial charge >= 0.3 is 5.97 Å². The van der Waals surface area contributed by atoms with Gasteiger partial charge in [0.2, 0.25) is 0 Å². The van der Waals surface area contributed by atoms with Crippen LogP contribution in [0.25, 0.3) is 0 Å². The van der Waals surface area contributed by atoms with Crippen LogP contribution in [0.15, 0.2) is 24.3 Å². The van der Waals surface area contributed by atoms with Crippen LogP contribution in [0, 0.1) is 5.41 Å². The molecule has 2 nitrogen and oxygen atoms in total. The molecule has 74 valence electrons. The first-order chi connectivity index (χ1) is 5.87. The first kappa shape index (κ1) is 11.9. The smallest absolute Gasteiger partial charge is 0.306 e. The van der Waals surface area contributed by atoms with Gasteiger partial charge < -0.3 is 4.74 Å². The molecule has 0 amide bonds. The maximum absolute atomic E-state index is 11.0. The van der Waals surface area contributed by atoms with Gasteiger partial charge in [0, 0.05) is 0 Å². The van der Waals surface area contributed by atoms with E-state index in [-0.39, 0.29) is 11.4 Å². The Kier molecular flexibility index (Phi) is 4.46. The lowest BCUT2D eigenvalue weighted by molar-refractivity contribution is -0.142. The molecule has 0 bridgehead atoms. The van der Waals surface area contributed by atoms with Crippen molar-refractivity contribution in [2.75, 3.05) is 7.11 Å². The monoisotopic (exact) mass is 182 g/mol. The lowest BCUT2D eigenvalue weighted by Crippen LogP contribution is -2.15. The average Bonchev–Trinajstić information content (AvgIpc) is 2.00. The van der Waals surface area contributed by atoms with Crippen LogP contribution in [-0.4, -0.2) is 13.1 Å². The standard InChI is InChI=1S/C11H18O2/c1-9(2)6-7-11(3,4)8-10(12)13-5/h6-7H,1,8H2,2-5H3/b7-6+. The second-order valence-corrected chi connectivity index (χ2v) is 3.92. The zero-order valence-electron chi connectivity index (χ0n) is 8.89. The summed E-state index contributed by atoms with van der Waals surface area (Å²) in [6.07, 6.45) is 4.29. The summed E-state index contributed by atoms with van der Waals surface area (Å²) < 4.78 is 4.60. The molecule has 0 aliphatic rings. The van der Waals surface area contributed by atoms with Crippen LogP contribution >= 0.6 is 0 Å². The number of methoxy groups -OCH3 is 1. The summed E-state index contributed by atoms with van der Waals surface area (Å²) in [6.45, 7) is 9.65. The average molecular weight is 182 g/mol. The highest BCUT2D eigenvalue weighted by Gasteiger charge is 2.18. The molecule has 0 aromatic rings. The Bertz CT molecular complexity index is 224. The Hall–Kier alpha value is -1.05. The highest BCUT2D eigenvalue weighted by molar-refractivity contribution is 5.70. The number of carbonyl (C=O) groups is 1. The number of ether oxygens (including phenoxy) is 1. The van der Waals surface area contributed by atoms with Crippen LogP contribution in [0.4, 0.5) is 0 Å². The van der Waals surface area contributed by atoms with Crippen molar-refractivity contribution >= 4 is 5.97 Å². The normalized spacial score (nSPS) is 11.7. The summed E-state index contributed by atoms with van der Waals surface area (Å²) >= 11 is 0. The molecule has 13 heavy (non-hydrogen) atoms. The van der Waals surface area contributed by atoms with Gasteiger partial charge in [0.15, 0.2) is 0 Å². The second kappa shape index (κ2) is 4.85. The lowest BCUT2D eigenvalue weighted by Gasteiger charge is -2.18. The summed E-state index contributed by atoms with van der Waals surface area (Å²) in [5, 5.41) is 0. The molecule has 0 N–H and O–H groups in total. The summed E-state index contributed by atoms with van der Waals surface area (Å²) in [5.74, 6) is -0.184. The highest BCUT2D eigenvalue weighted by atomic mass is 16.5. The quantitative estimate of drug-likeness (QED) is 0.493. The minimum atomic E-state index is -0.184. The SMILES string of the molecule is C=C(C)/C=C/C(C)(C)CC(=O)OC. The van der Waals surface area contributed by atoms with Gasteiger partial charge in [0.05, 0.1) is 13.5 Å². The van der Waals surface area contributed by atoms with Crippen molar-refractivity contribution in [1.29, 1.82) is 0 Å². The Morgan fingerprint density at radius 1 is 1.54 bits per heavy atom. The Balaban J connectivity index is 4.23. The van der Waals surface area contributed by atoms with Crippen molar-refractivity contribution in [3.8, 4) is 0 Å². The van der Waals surface area contributed by atoms with E-state index in [4.69, 9.17) is 0 Å². The molecule has 0 aromatic heterocycles. The van der Waals surface area contributed by atoms with Crippen molar-refractivity contribution in [2.45, 2.75) is 27.2 Å². The molecular formula is C11H18O2. The Morgan fingerprint density at radius 2 is 2.08 bits per heavy atom. The predicted molar refractivity (Wildman–Crippen MR) is 54.4 cm³/mol. The highest BCUT2D eigenvalue weighted by Crippen LogP contribution is 2.23. The topological polar surface area (TPSA) is 26.3 Å². The van der Waals surface area contributed by atoms with E-state index in [2.05, 4.69) is 11.3 Å². The fourth-order valence-corrected chi connectivity index (χ4v) is 0.871. The fourth-order valence-electron chi connectivity index (χ4n) is 0.871. The first-order valence-electron chi connectivity index (χ1n) is 4.29. The van der Waals surface area contributed by atoms with Gasteiger partial charge in [0.1, 0.15) is 0 Å². The van der Waals surface area contributed by atoms with E-state index in [1.807, 2.05) is 32.9 Å². The summed E-state index contributed by atoms with van der Waals surface area (Å²) in [5.41, 5.74) is 0.824. The number of rotatable bonds is 4. The van der Waals surface area contributed by atoms with Gasteiger partial charge in [-0.2, -0.15) is 0 Å². The van der Waals surface area contributed by atoms with Crippen LogP contribution in [0.3, 0.4) is 0 Å². The molecule has 0 heterocycles. The molecular weight excluding hydrogens is 164 g/mol. The minimum Gasteiger partial charge on any atom is -0.469 e. The van der Waals surface area contributed by atoms with E-state index in [9.17, 15) is 4.79 Å². The molecule has 2 heteroatoms. The fraction of sp³-hybridized carbons (Fsp3) is 0.545. The van der Waals surface area contributed by atoms with Gasteiger partial charge in [-0.05, 0) is 12.3 Å². The van der Waals surface area contributed by atoms with E-state index >= 15 is 0 Å². The number of carbonyl (C=O) groups excluding carboxylic acids is 1. The third-order valence-corrected chi connectivity index (χ3v) is 1.65. The molecule has 0 unspecified atom stereocenters. The zero-order valence-corrected chi connectivity index (χ0v) is 8.89. The van der Waals surface area contributed by atoms with Gasteiger partial charge in [-0.15, -0.1) is 0 Å². The van der Waals surface area contributed by atoms with Crippen LogP contribution in [0.1, 0.15) is 27.2 Å². The van der Waals surface area contributed by atoms with Crippen LogP contribution in [-0.2, 0) is 9.53 Å². The number of allylic oxidation sites excluding steroid dienone is 3. The summed E-state index contributed by atoms with van der Waals surface area (Å²) in [7, 11) is 1.40. The molecule has 0 aliphatic carbocycles. The number of hydrogen-bond donors (Lipinski definition) is 0. The molecule has 0 fully saturated rings. The third kappa shape index (κ3) is 6.14. The maximum atomic E-state index is 11.0. The van der Waals surface area contributed by atoms with Crippen molar-refractivity contribution in [3.63, 3.8) is 0 Å². The lowest BCUT2D eigenvalue weighted by atomic mass is 9.88. The molecule has 0 saturated heterocycles. The molecule has 0 aliphatic heterocycles. The van der Waals surface area contributed by atoms with Gasteiger partial charge in [-0.25, -0.2) is 0 Å². The zero-order chi connectivity index (χ0) is 10.5. The van der Waals surface area contributed by atoms with Crippen molar-refractivity contribution < 1.29 is 9.53 Å². The van der Waals surface area contributed by atoms with Crippen LogP contribution in [0.5, 0.6) is 0 Å². The van der Waals surface area contributed by atoms with Crippen LogP contribution in [0.2, 0.25) is 0 Å². The predicted octanol–water partition coefficient (Wildman–Crippen LogP) is 2.71. The second-order valence-electron chi connectivity index (χ2n) is 3.92. The van der Waals surface area contributed by atoms with E-state index < -0.39 is 0 Å². The van der Waals surface area contributed by atoms with E-state index in [1.165, 1.54) is 7.11 Å². The Morgan fingerprint density at radius 3 is 2.46 bits per heavy atom. The first-order valence-corrected chi connectivity index (χ1v) is 4.29. The van der Waals surface area contributed by atoms with Crippen LogP contribution < -0.4 is 0 Å². The van der Waals surface area contributed by atoms with Crippen molar-refractivity contribution in [3.05, 3.63) is 24.3 Å². The number of esters is 1. The molecule has 0 rings (SSSR count). The largest absolute Gasteiger partial charge is 0.469 e. The molecule has 0 aromatic carbocycles. The summed E-state index contributed by atoms with van der Waals surface area (Å²) in [4.78, 5) is 11.0. The van der Waals surface area contributed by atoms with Gasteiger partial charge in [-0.3, -0.25) is 4.79 Å². The van der Waals surface area contributed by atoms with Crippen molar-refractivity contribution in [1.82, 2.24) is 0 Å². The van der Waals surface area contributed by atoms with E-state index in [1.54, 1.807) is 0 Å². The van der Waals surface area contributed by atoms with E-state index in [0.717, 1.165) is 5.57 Å². The van der Waals surface area contributed by atoms with Crippen molar-refractivity contribution in [2.24, 2.45) is 5.41 Å². The molecule has 0 saturated carbocycles. The molecule has 0 spiro atoms. The molecule has 0 radical (unpaired) electrons. The molecule has 0 atom stereocenters.